The average molecular weight is 623 g/mol. The zero-order valence-electron chi connectivity index (χ0n) is 26.1. The highest BCUT2D eigenvalue weighted by Gasteiger charge is 2.18. The Labute approximate surface area is 267 Å². The molecule has 2 amide bonds. The summed E-state index contributed by atoms with van der Waals surface area (Å²) in [6, 6.07) is 23.5. The fraction of sp³-hybridized carbons (Fsp3) is 0.139. The van der Waals surface area contributed by atoms with Gasteiger partial charge in [0.1, 0.15) is 17.2 Å². The molecule has 0 spiro atoms. The lowest BCUT2D eigenvalue weighted by Gasteiger charge is -2.14. The number of nitrogens with one attached hydrogen (secondary N) is 2. The van der Waals surface area contributed by atoms with E-state index in [0.717, 1.165) is 0 Å². The van der Waals surface area contributed by atoms with Gasteiger partial charge >= 0.3 is 0 Å². The van der Waals surface area contributed by atoms with E-state index in [9.17, 15) is 14.4 Å². The van der Waals surface area contributed by atoms with Crippen LogP contribution in [0.15, 0.2) is 96.7 Å². The molecule has 0 aliphatic rings. The van der Waals surface area contributed by atoms with Crippen molar-refractivity contribution in [1.82, 2.24) is 5.32 Å². The van der Waals surface area contributed by atoms with Gasteiger partial charge in [-0.1, -0.05) is 18.2 Å². The van der Waals surface area contributed by atoms with Gasteiger partial charge < -0.3 is 34.3 Å². The molecule has 46 heavy (non-hydrogen) atoms. The molecule has 0 unspecified atom stereocenters. The Kier molecular flexibility index (Phi) is 11.2. The molecule has 0 radical (unpaired) electrons. The zero-order chi connectivity index (χ0) is 33.1. The topological polar surface area (TPSA) is 121 Å². The molecule has 10 heteroatoms. The third-order valence-electron chi connectivity index (χ3n) is 6.81. The number of ketones is 1. The summed E-state index contributed by atoms with van der Waals surface area (Å²) in [6.07, 6.45) is 4.58. The normalized spacial score (nSPS) is 11.0. The molecule has 236 valence electrons. The highest BCUT2D eigenvalue weighted by molar-refractivity contribution is 6.11. The fourth-order valence-corrected chi connectivity index (χ4v) is 4.44. The van der Waals surface area contributed by atoms with Gasteiger partial charge in [0.2, 0.25) is 5.75 Å². The number of benzene rings is 4. The number of methoxy groups -OCH3 is 5. The summed E-state index contributed by atoms with van der Waals surface area (Å²) in [7, 11) is 7.56. The molecule has 0 fully saturated rings. The van der Waals surface area contributed by atoms with Gasteiger partial charge in [0.15, 0.2) is 17.3 Å². The van der Waals surface area contributed by atoms with Gasteiger partial charge in [-0.15, -0.1) is 0 Å². The minimum Gasteiger partial charge on any atom is -0.497 e. The number of hydrogen-bond acceptors (Lipinski definition) is 8. The van der Waals surface area contributed by atoms with Crippen LogP contribution in [-0.4, -0.2) is 53.1 Å². The van der Waals surface area contributed by atoms with Crippen molar-refractivity contribution >= 4 is 35.4 Å². The van der Waals surface area contributed by atoms with Crippen LogP contribution >= 0.6 is 0 Å². The van der Waals surface area contributed by atoms with Crippen molar-refractivity contribution in [3.63, 3.8) is 0 Å². The molecule has 4 aromatic rings. The maximum absolute atomic E-state index is 13.5. The summed E-state index contributed by atoms with van der Waals surface area (Å²) >= 11 is 0. The highest BCUT2D eigenvalue weighted by atomic mass is 16.5. The molecule has 0 saturated carbocycles. The molecular formula is C36H34N2O8. The van der Waals surface area contributed by atoms with Gasteiger partial charge in [-0.2, -0.15) is 0 Å². The summed E-state index contributed by atoms with van der Waals surface area (Å²) in [6.45, 7) is 0. The van der Waals surface area contributed by atoms with Gasteiger partial charge in [0.05, 0.1) is 35.5 Å². The molecule has 0 bridgehead atoms. The van der Waals surface area contributed by atoms with Crippen molar-refractivity contribution in [3.05, 3.63) is 119 Å². The first-order chi connectivity index (χ1) is 22.3. The lowest BCUT2D eigenvalue weighted by molar-refractivity contribution is -0.113. The van der Waals surface area contributed by atoms with E-state index in [2.05, 4.69) is 10.6 Å². The van der Waals surface area contributed by atoms with Gasteiger partial charge in [0, 0.05) is 22.4 Å². The second-order valence-electron chi connectivity index (χ2n) is 9.67. The van der Waals surface area contributed by atoms with E-state index < -0.39 is 11.8 Å². The molecule has 4 aromatic carbocycles. The minimum atomic E-state index is -0.595. The Bertz CT molecular complexity index is 1740. The summed E-state index contributed by atoms with van der Waals surface area (Å²) in [5, 5.41) is 5.48. The standard InChI is InChI=1S/C36H34N2O8/c1-42-28-16-18-31(43-2)26(22-28)13-17-30(39)24-11-14-27(15-12-24)37-36(41)29(38-35(40)25-9-7-6-8-10-25)19-23-20-32(44-3)34(46-5)33(21-23)45-4/h6-22H,1-5H3,(H,37,41)(H,38,40)/b17-13+,29-19-. The van der Waals surface area contributed by atoms with Crippen LogP contribution in [0.3, 0.4) is 0 Å². The molecule has 0 heterocycles. The van der Waals surface area contributed by atoms with E-state index in [-0.39, 0.29) is 11.5 Å². The highest BCUT2D eigenvalue weighted by Crippen LogP contribution is 2.38. The predicted molar refractivity (Wildman–Crippen MR) is 176 cm³/mol. The number of carbonyl (C=O) groups is 3. The lowest BCUT2D eigenvalue weighted by atomic mass is 10.1. The monoisotopic (exact) mass is 622 g/mol. The third kappa shape index (κ3) is 8.11. The predicted octanol–water partition coefficient (Wildman–Crippen LogP) is 6.04. The quantitative estimate of drug-likeness (QED) is 0.137. The van der Waals surface area contributed by atoms with Crippen molar-refractivity contribution in [1.29, 1.82) is 0 Å². The van der Waals surface area contributed by atoms with Crippen LogP contribution in [0.25, 0.3) is 12.2 Å². The van der Waals surface area contributed by atoms with Gasteiger partial charge in [0.25, 0.3) is 11.8 Å². The summed E-state index contributed by atoms with van der Waals surface area (Å²) in [5.74, 6) is 1.04. The average Bonchev–Trinajstić information content (AvgIpc) is 3.10. The van der Waals surface area contributed by atoms with Crippen molar-refractivity contribution < 1.29 is 38.1 Å². The maximum Gasteiger partial charge on any atom is 0.272 e. The molecule has 10 nitrogen and oxygen atoms in total. The summed E-state index contributed by atoms with van der Waals surface area (Å²) in [4.78, 5) is 39.5. The van der Waals surface area contributed by atoms with Crippen molar-refractivity contribution in [2.45, 2.75) is 0 Å². The van der Waals surface area contributed by atoms with Crippen LogP contribution < -0.4 is 34.3 Å². The van der Waals surface area contributed by atoms with E-state index in [4.69, 9.17) is 23.7 Å². The number of hydrogen-bond donors (Lipinski definition) is 2. The number of amides is 2. The number of anilines is 1. The van der Waals surface area contributed by atoms with Crippen LogP contribution in [0.4, 0.5) is 5.69 Å². The molecule has 0 saturated heterocycles. The smallest absolute Gasteiger partial charge is 0.272 e. The van der Waals surface area contributed by atoms with Crippen LogP contribution in [-0.2, 0) is 4.79 Å². The largest absolute Gasteiger partial charge is 0.497 e. The second kappa shape index (κ2) is 15.6. The molecule has 0 atom stereocenters. The molecular weight excluding hydrogens is 588 g/mol. The van der Waals surface area contributed by atoms with Gasteiger partial charge in [-0.3, -0.25) is 14.4 Å². The number of carbonyl (C=O) groups excluding carboxylic acids is 3. The Hall–Kier alpha value is -6.03. The van der Waals surface area contributed by atoms with E-state index in [1.165, 1.54) is 33.5 Å². The Balaban J connectivity index is 1.58. The first kappa shape index (κ1) is 32.9. The Morgan fingerprint density at radius 1 is 0.652 bits per heavy atom. The van der Waals surface area contributed by atoms with Crippen LogP contribution in [0.1, 0.15) is 31.8 Å². The summed E-state index contributed by atoms with van der Waals surface area (Å²) in [5.41, 5.74) is 2.33. The van der Waals surface area contributed by atoms with Crippen LogP contribution in [0.2, 0.25) is 0 Å². The van der Waals surface area contributed by atoms with E-state index >= 15 is 0 Å². The first-order valence-corrected chi connectivity index (χ1v) is 14.0. The second-order valence-corrected chi connectivity index (χ2v) is 9.67. The fourth-order valence-electron chi connectivity index (χ4n) is 4.44. The van der Waals surface area contributed by atoms with Crippen molar-refractivity contribution in [2.24, 2.45) is 0 Å². The summed E-state index contributed by atoms with van der Waals surface area (Å²) < 4.78 is 26.9. The van der Waals surface area contributed by atoms with Gasteiger partial charge in [-0.25, -0.2) is 0 Å². The molecule has 0 aliphatic carbocycles. The van der Waals surface area contributed by atoms with Crippen molar-refractivity contribution in [3.8, 4) is 28.7 Å². The third-order valence-corrected chi connectivity index (χ3v) is 6.81. The Morgan fingerprint density at radius 3 is 1.89 bits per heavy atom. The molecule has 2 N–H and O–H groups in total. The lowest BCUT2D eigenvalue weighted by Crippen LogP contribution is -2.30. The number of ether oxygens (including phenoxy) is 5. The van der Waals surface area contributed by atoms with Crippen LogP contribution in [0.5, 0.6) is 28.7 Å². The first-order valence-electron chi connectivity index (χ1n) is 14.0. The number of allylic oxidation sites excluding steroid dienone is 1. The Morgan fingerprint density at radius 2 is 1.30 bits per heavy atom. The molecule has 4 rings (SSSR count). The van der Waals surface area contributed by atoms with E-state index in [1.54, 1.807) is 105 Å². The van der Waals surface area contributed by atoms with E-state index in [1.807, 2.05) is 0 Å². The minimum absolute atomic E-state index is 0.0431. The van der Waals surface area contributed by atoms with Crippen molar-refractivity contribution in [2.75, 3.05) is 40.9 Å². The molecule has 0 aromatic heterocycles. The molecule has 0 aliphatic heterocycles. The maximum atomic E-state index is 13.5. The van der Waals surface area contributed by atoms with E-state index in [0.29, 0.717) is 56.7 Å². The zero-order valence-corrected chi connectivity index (χ0v) is 26.1. The SMILES string of the molecule is COc1ccc(OC)c(/C=C/C(=O)c2ccc(NC(=O)/C(=C/c3cc(OC)c(OC)c(OC)c3)NC(=O)c3ccccc3)cc2)c1. The van der Waals surface area contributed by atoms with Gasteiger partial charge in [-0.05, 0) is 90.5 Å². The van der Waals surface area contributed by atoms with Crippen LogP contribution in [0, 0.1) is 0 Å². The number of rotatable bonds is 13.